The van der Waals surface area contributed by atoms with E-state index in [4.69, 9.17) is 0 Å². The van der Waals surface area contributed by atoms with Gasteiger partial charge in [0.15, 0.2) is 5.96 Å². The van der Waals surface area contributed by atoms with Crippen LogP contribution in [0.4, 0.5) is 14.5 Å². The normalized spacial score (nSPS) is 18.3. The summed E-state index contributed by atoms with van der Waals surface area (Å²) in [6.07, 6.45) is 4.07. The summed E-state index contributed by atoms with van der Waals surface area (Å²) in [5.41, 5.74) is 0.457. The quantitative estimate of drug-likeness (QED) is 0.473. The van der Waals surface area contributed by atoms with E-state index in [1.807, 2.05) is 16.7 Å². The van der Waals surface area contributed by atoms with Gasteiger partial charge in [-0.2, -0.15) is 11.8 Å². The third-order valence-corrected chi connectivity index (χ3v) is 4.52. The van der Waals surface area contributed by atoms with Crippen LogP contribution in [0.1, 0.15) is 12.8 Å². The van der Waals surface area contributed by atoms with Gasteiger partial charge in [-0.05, 0) is 37.0 Å². The standard InChI is InChI=1S/C16H24F2N4S/c1-19-16(20-7-3-9-23-2)21-13-6-8-22(11-13)15-5-4-12(17)10-14(15)18/h4-5,10,13H,3,6-9,11H2,1-2H3,(H2,19,20,21). The number of hydrogen-bond donors (Lipinski definition) is 2. The van der Waals surface area contributed by atoms with Crippen LogP contribution in [0.15, 0.2) is 23.2 Å². The summed E-state index contributed by atoms with van der Waals surface area (Å²) in [5.74, 6) is 0.836. The zero-order chi connectivity index (χ0) is 16.7. The van der Waals surface area contributed by atoms with Crippen molar-refractivity contribution in [3.05, 3.63) is 29.8 Å². The SMILES string of the molecule is CN=C(NCCCSC)NC1CCN(c2ccc(F)cc2F)C1. The van der Waals surface area contributed by atoms with Crippen molar-refractivity contribution in [3.8, 4) is 0 Å². The Labute approximate surface area is 140 Å². The molecule has 7 heteroatoms. The lowest BCUT2D eigenvalue weighted by molar-refractivity contribution is 0.580. The van der Waals surface area contributed by atoms with Gasteiger partial charge in [0.25, 0.3) is 0 Å². The van der Waals surface area contributed by atoms with Gasteiger partial charge >= 0.3 is 0 Å². The zero-order valence-corrected chi connectivity index (χ0v) is 14.4. The predicted molar refractivity (Wildman–Crippen MR) is 94.5 cm³/mol. The summed E-state index contributed by atoms with van der Waals surface area (Å²) >= 11 is 1.82. The third-order valence-electron chi connectivity index (χ3n) is 3.82. The van der Waals surface area contributed by atoms with Crippen LogP contribution in [0.2, 0.25) is 0 Å². The number of hydrogen-bond acceptors (Lipinski definition) is 3. The molecule has 23 heavy (non-hydrogen) atoms. The Balaban J connectivity index is 1.84. The highest BCUT2D eigenvalue weighted by Crippen LogP contribution is 2.24. The van der Waals surface area contributed by atoms with Gasteiger partial charge in [0.2, 0.25) is 0 Å². The summed E-state index contributed by atoms with van der Waals surface area (Å²) < 4.78 is 26.9. The molecule has 0 radical (unpaired) electrons. The van der Waals surface area contributed by atoms with Gasteiger partial charge in [-0.15, -0.1) is 0 Å². The highest BCUT2D eigenvalue weighted by Gasteiger charge is 2.25. The summed E-state index contributed by atoms with van der Waals surface area (Å²) in [6, 6.07) is 3.93. The fourth-order valence-corrected chi connectivity index (χ4v) is 3.08. The fourth-order valence-electron chi connectivity index (χ4n) is 2.65. The second-order valence-corrected chi connectivity index (χ2v) is 6.50. The van der Waals surface area contributed by atoms with Crippen molar-refractivity contribution in [3.63, 3.8) is 0 Å². The lowest BCUT2D eigenvalue weighted by Gasteiger charge is -2.21. The molecule has 1 aliphatic rings. The maximum atomic E-state index is 13.9. The van der Waals surface area contributed by atoms with Crippen LogP contribution in [0, 0.1) is 11.6 Å². The minimum absolute atomic E-state index is 0.200. The maximum Gasteiger partial charge on any atom is 0.191 e. The number of guanidine groups is 1. The fraction of sp³-hybridized carbons (Fsp3) is 0.562. The van der Waals surface area contributed by atoms with Crippen molar-refractivity contribution >= 4 is 23.4 Å². The number of aliphatic imine (C=N–C) groups is 1. The molecule has 0 bridgehead atoms. The van der Waals surface area contributed by atoms with E-state index in [-0.39, 0.29) is 6.04 Å². The van der Waals surface area contributed by atoms with Gasteiger partial charge in [0.05, 0.1) is 5.69 Å². The van der Waals surface area contributed by atoms with E-state index in [2.05, 4.69) is 21.9 Å². The molecule has 0 aliphatic carbocycles. The van der Waals surface area contributed by atoms with Crippen LogP contribution in [-0.2, 0) is 0 Å². The Morgan fingerprint density at radius 2 is 2.26 bits per heavy atom. The molecule has 1 fully saturated rings. The van der Waals surface area contributed by atoms with Crippen LogP contribution < -0.4 is 15.5 Å². The Hall–Kier alpha value is -1.50. The van der Waals surface area contributed by atoms with Gasteiger partial charge < -0.3 is 15.5 Å². The minimum atomic E-state index is -0.546. The molecule has 0 amide bonds. The molecule has 2 rings (SSSR count). The second kappa shape index (κ2) is 8.96. The number of nitrogens with one attached hydrogen (secondary N) is 2. The van der Waals surface area contributed by atoms with Gasteiger partial charge in [-0.25, -0.2) is 8.78 Å². The largest absolute Gasteiger partial charge is 0.367 e. The first-order valence-electron chi connectivity index (χ1n) is 7.80. The highest BCUT2D eigenvalue weighted by molar-refractivity contribution is 7.98. The molecule has 0 aromatic heterocycles. The van der Waals surface area contributed by atoms with E-state index >= 15 is 0 Å². The van der Waals surface area contributed by atoms with Crippen molar-refractivity contribution in [2.24, 2.45) is 4.99 Å². The number of thioether (sulfide) groups is 1. The molecule has 4 nitrogen and oxygen atoms in total. The lowest BCUT2D eigenvalue weighted by atomic mass is 10.2. The monoisotopic (exact) mass is 342 g/mol. The van der Waals surface area contributed by atoms with Crippen LogP contribution in [0.5, 0.6) is 0 Å². The Morgan fingerprint density at radius 1 is 1.43 bits per heavy atom. The number of halogens is 2. The van der Waals surface area contributed by atoms with Crippen LogP contribution in [0.25, 0.3) is 0 Å². The van der Waals surface area contributed by atoms with Crippen LogP contribution in [-0.4, -0.2) is 50.7 Å². The molecule has 0 spiro atoms. The van der Waals surface area contributed by atoms with E-state index in [1.54, 1.807) is 7.05 Å². The average molecular weight is 342 g/mol. The van der Waals surface area contributed by atoms with E-state index in [0.29, 0.717) is 12.2 Å². The van der Waals surface area contributed by atoms with Crippen molar-refractivity contribution < 1.29 is 8.78 Å². The second-order valence-electron chi connectivity index (χ2n) is 5.52. The Kier molecular flexibility index (Phi) is 6.95. The zero-order valence-electron chi connectivity index (χ0n) is 13.6. The van der Waals surface area contributed by atoms with E-state index in [9.17, 15) is 8.78 Å². The molecule has 1 aromatic rings. The summed E-state index contributed by atoms with van der Waals surface area (Å²) in [7, 11) is 1.75. The Bertz CT molecular complexity index is 539. The molecule has 1 aromatic carbocycles. The molecule has 1 saturated heterocycles. The first-order chi connectivity index (χ1) is 11.1. The molecule has 128 valence electrons. The van der Waals surface area contributed by atoms with Crippen LogP contribution >= 0.6 is 11.8 Å². The highest BCUT2D eigenvalue weighted by atomic mass is 32.2. The molecule has 1 unspecified atom stereocenters. The maximum absolute atomic E-state index is 13.9. The molecule has 1 heterocycles. The predicted octanol–water partition coefficient (Wildman–Crippen LogP) is 2.46. The molecular formula is C16H24F2N4S. The van der Waals surface area contributed by atoms with E-state index < -0.39 is 11.6 Å². The molecule has 0 saturated carbocycles. The van der Waals surface area contributed by atoms with Crippen molar-refractivity contribution in [1.82, 2.24) is 10.6 Å². The average Bonchev–Trinajstić information content (AvgIpc) is 2.98. The summed E-state index contributed by atoms with van der Waals surface area (Å²) in [4.78, 5) is 6.16. The lowest BCUT2D eigenvalue weighted by Crippen LogP contribution is -2.45. The van der Waals surface area contributed by atoms with E-state index in [0.717, 1.165) is 43.7 Å². The smallest absolute Gasteiger partial charge is 0.191 e. The molecule has 1 atom stereocenters. The van der Waals surface area contributed by atoms with Crippen molar-refractivity contribution in [2.45, 2.75) is 18.9 Å². The number of anilines is 1. The van der Waals surface area contributed by atoms with Crippen molar-refractivity contribution in [1.29, 1.82) is 0 Å². The van der Waals surface area contributed by atoms with Gasteiger partial charge in [0.1, 0.15) is 11.6 Å². The molecular weight excluding hydrogens is 318 g/mol. The first kappa shape index (κ1) is 17.8. The minimum Gasteiger partial charge on any atom is -0.367 e. The molecule has 1 aliphatic heterocycles. The van der Waals surface area contributed by atoms with Gasteiger partial charge in [-0.1, -0.05) is 0 Å². The number of benzene rings is 1. The van der Waals surface area contributed by atoms with E-state index in [1.165, 1.54) is 12.1 Å². The van der Waals surface area contributed by atoms with Gasteiger partial charge in [0, 0.05) is 38.8 Å². The number of nitrogens with zero attached hydrogens (tertiary/aromatic N) is 2. The third kappa shape index (κ3) is 5.27. The first-order valence-corrected chi connectivity index (χ1v) is 9.19. The summed E-state index contributed by atoms with van der Waals surface area (Å²) in [5, 5.41) is 6.65. The summed E-state index contributed by atoms with van der Waals surface area (Å²) in [6.45, 7) is 2.29. The Morgan fingerprint density at radius 3 is 2.96 bits per heavy atom. The van der Waals surface area contributed by atoms with Crippen LogP contribution in [0.3, 0.4) is 0 Å². The van der Waals surface area contributed by atoms with Crippen molar-refractivity contribution in [2.75, 3.05) is 43.6 Å². The van der Waals surface area contributed by atoms with Gasteiger partial charge in [-0.3, -0.25) is 4.99 Å². The topological polar surface area (TPSA) is 39.7 Å². The molecule has 2 N–H and O–H groups in total. The number of rotatable bonds is 6.